The third-order valence-corrected chi connectivity index (χ3v) is 6.13. The standard InChI is InChI=1S/C26H36N2O2S/c1-6-11-27-26(30)24(7-2)28(16-22-10-8-9-19(3)13-22)25(29)18-31-17-23-14-20(4)12-21(5)15-23/h8-10,12-15,24H,6-7,11,16-18H2,1-5H3,(H,27,30). The van der Waals surface area contributed by atoms with Gasteiger partial charge in [-0.3, -0.25) is 9.59 Å². The first kappa shape index (κ1) is 25.0. The summed E-state index contributed by atoms with van der Waals surface area (Å²) in [6.07, 6.45) is 1.47. The van der Waals surface area contributed by atoms with E-state index in [1.54, 1.807) is 16.7 Å². The van der Waals surface area contributed by atoms with Gasteiger partial charge in [0, 0.05) is 18.8 Å². The zero-order valence-electron chi connectivity index (χ0n) is 19.5. The molecule has 0 aliphatic rings. The Balaban J connectivity index is 2.13. The molecule has 4 nitrogen and oxygen atoms in total. The lowest BCUT2D eigenvalue weighted by molar-refractivity contribution is -0.139. The Bertz CT molecular complexity index is 861. The first-order valence-electron chi connectivity index (χ1n) is 11.1. The molecule has 0 spiro atoms. The fourth-order valence-electron chi connectivity index (χ4n) is 3.78. The molecule has 0 radical (unpaired) electrons. The highest BCUT2D eigenvalue weighted by Gasteiger charge is 2.28. The van der Waals surface area contributed by atoms with Gasteiger partial charge in [0.2, 0.25) is 11.8 Å². The first-order valence-corrected chi connectivity index (χ1v) is 12.3. The van der Waals surface area contributed by atoms with Crippen molar-refractivity contribution in [3.05, 3.63) is 70.3 Å². The van der Waals surface area contributed by atoms with Gasteiger partial charge in [0.05, 0.1) is 5.75 Å². The largest absolute Gasteiger partial charge is 0.354 e. The van der Waals surface area contributed by atoms with Crippen LogP contribution in [0.2, 0.25) is 0 Å². The molecule has 0 aliphatic carbocycles. The Labute approximate surface area is 191 Å². The van der Waals surface area contributed by atoms with Gasteiger partial charge in [-0.05, 0) is 44.7 Å². The maximum absolute atomic E-state index is 13.3. The SMILES string of the molecule is CCCNC(=O)C(CC)N(Cc1cccc(C)c1)C(=O)CSCc1cc(C)cc(C)c1. The normalized spacial score (nSPS) is 11.8. The summed E-state index contributed by atoms with van der Waals surface area (Å²) in [5.41, 5.74) is 5.91. The molecule has 2 aromatic carbocycles. The minimum Gasteiger partial charge on any atom is -0.354 e. The van der Waals surface area contributed by atoms with Crippen LogP contribution in [-0.2, 0) is 21.9 Å². The second kappa shape index (κ2) is 12.6. The van der Waals surface area contributed by atoms with E-state index < -0.39 is 6.04 Å². The van der Waals surface area contributed by atoms with Gasteiger partial charge in [0.1, 0.15) is 6.04 Å². The van der Waals surface area contributed by atoms with E-state index >= 15 is 0 Å². The molecular formula is C26H36N2O2S. The van der Waals surface area contributed by atoms with Gasteiger partial charge in [0.15, 0.2) is 0 Å². The number of nitrogens with zero attached hydrogens (tertiary/aromatic N) is 1. The van der Waals surface area contributed by atoms with Crippen LogP contribution in [0.5, 0.6) is 0 Å². The second-order valence-electron chi connectivity index (χ2n) is 8.21. The highest BCUT2D eigenvalue weighted by atomic mass is 32.2. The summed E-state index contributed by atoms with van der Waals surface area (Å²) in [5.74, 6) is 1.08. The summed E-state index contributed by atoms with van der Waals surface area (Å²) in [6, 6.07) is 14.2. The van der Waals surface area contributed by atoms with E-state index in [2.05, 4.69) is 43.4 Å². The molecule has 168 valence electrons. The van der Waals surface area contributed by atoms with Crippen molar-refractivity contribution in [1.29, 1.82) is 0 Å². The highest BCUT2D eigenvalue weighted by molar-refractivity contribution is 7.99. The molecule has 31 heavy (non-hydrogen) atoms. The Kier molecular flexibility index (Phi) is 10.1. The number of nitrogens with one attached hydrogen (secondary N) is 1. The summed E-state index contributed by atoms with van der Waals surface area (Å²) in [7, 11) is 0. The number of aryl methyl sites for hydroxylation is 3. The van der Waals surface area contributed by atoms with Crippen molar-refractivity contribution in [2.24, 2.45) is 0 Å². The summed E-state index contributed by atoms with van der Waals surface area (Å²) in [4.78, 5) is 27.8. The molecule has 1 unspecified atom stereocenters. The average molecular weight is 441 g/mol. The predicted molar refractivity (Wildman–Crippen MR) is 131 cm³/mol. The van der Waals surface area contributed by atoms with Crippen molar-refractivity contribution in [2.45, 2.75) is 65.8 Å². The number of carbonyl (C=O) groups is 2. The van der Waals surface area contributed by atoms with Crippen LogP contribution in [0.25, 0.3) is 0 Å². The molecule has 0 fully saturated rings. The topological polar surface area (TPSA) is 49.4 Å². The maximum Gasteiger partial charge on any atom is 0.242 e. The highest BCUT2D eigenvalue weighted by Crippen LogP contribution is 2.19. The fourth-order valence-corrected chi connectivity index (χ4v) is 4.63. The van der Waals surface area contributed by atoms with Crippen LogP contribution in [0.4, 0.5) is 0 Å². The van der Waals surface area contributed by atoms with E-state index in [1.807, 2.05) is 39.0 Å². The fraction of sp³-hybridized carbons (Fsp3) is 0.462. The molecule has 2 amide bonds. The molecule has 0 saturated heterocycles. The Morgan fingerprint density at radius 2 is 1.65 bits per heavy atom. The minimum atomic E-state index is -0.457. The van der Waals surface area contributed by atoms with Crippen LogP contribution < -0.4 is 5.32 Å². The molecule has 0 bridgehead atoms. The van der Waals surface area contributed by atoms with Crippen molar-refractivity contribution in [3.63, 3.8) is 0 Å². The summed E-state index contributed by atoms with van der Waals surface area (Å²) < 4.78 is 0. The maximum atomic E-state index is 13.3. The van der Waals surface area contributed by atoms with E-state index in [1.165, 1.54) is 16.7 Å². The van der Waals surface area contributed by atoms with E-state index in [-0.39, 0.29) is 11.8 Å². The summed E-state index contributed by atoms with van der Waals surface area (Å²) in [6.45, 7) is 11.3. The van der Waals surface area contributed by atoms with Crippen molar-refractivity contribution < 1.29 is 9.59 Å². The quantitative estimate of drug-likeness (QED) is 0.524. The third-order valence-electron chi connectivity index (χ3n) is 5.15. The van der Waals surface area contributed by atoms with Crippen LogP contribution in [-0.4, -0.2) is 35.1 Å². The van der Waals surface area contributed by atoms with Crippen molar-refractivity contribution in [1.82, 2.24) is 10.2 Å². The van der Waals surface area contributed by atoms with Gasteiger partial charge in [0.25, 0.3) is 0 Å². The van der Waals surface area contributed by atoms with Crippen LogP contribution in [0.15, 0.2) is 42.5 Å². The lowest BCUT2D eigenvalue weighted by atomic mass is 10.1. The van der Waals surface area contributed by atoms with Crippen LogP contribution in [0, 0.1) is 20.8 Å². The molecular weight excluding hydrogens is 404 g/mol. The zero-order chi connectivity index (χ0) is 22.8. The molecule has 0 aromatic heterocycles. The van der Waals surface area contributed by atoms with Crippen molar-refractivity contribution >= 4 is 23.6 Å². The van der Waals surface area contributed by atoms with Gasteiger partial charge in [-0.15, -0.1) is 11.8 Å². The molecule has 0 aliphatic heterocycles. The lowest BCUT2D eigenvalue weighted by Crippen LogP contribution is -2.49. The summed E-state index contributed by atoms with van der Waals surface area (Å²) >= 11 is 1.61. The number of hydrogen-bond donors (Lipinski definition) is 1. The lowest BCUT2D eigenvalue weighted by Gasteiger charge is -2.30. The average Bonchev–Trinajstić information content (AvgIpc) is 2.71. The molecule has 0 saturated carbocycles. The zero-order valence-corrected chi connectivity index (χ0v) is 20.3. The Hall–Kier alpha value is -2.27. The number of benzene rings is 2. The van der Waals surface area contributed by atoms with Crippen LogP contribution >= 0.6 is 11.8 Å². The number of hydrogen-bond acceptors (Lipinski definition) is 3. The number of thioether (sulfide) groups is 1. The van der Waals surface area contributed by atoms with E-state index in [0.29, 0.717) is 25.3 Å². The first-order chi connectivity index (χ1) is 14.8. The van der Waals surface area contributed by atoms with Crippen LogP contribution in [0.3, 0.4) is 0 Å². The number of rotatable bonds is 11. The molecule has 1 atom stereocenters. The monoisotopic (exact) mass is 440 g/mol. The molecule has 2 aromatic rings. The number of carbonyl (C=O) groups excluding carboxylic acids is 2. The second-order valence-corrected chi connectivity index (χ2v) is 9.20. The molecule has 2 rings (SSSR count). The number of amides is 2. The molecule has 1 N–H and O–H groups in total. The molecule has 0 heterocycles. The predicted octanol–water partition coefficient (Wildman–Crippen LogP) is 5.18. The van der Waals surface area contributed by atoms with E-state index in [0.717, 1.165) is 23.3 Å². The Morgan fingerprint density at radius 3 is 2.26 bits per heavy atom. The minimum absolute atomic E-state index is 0.00868. The van der Waals surface area contributed by atoms with Gasteiger partial charge in [-0.2, -0.15) is 0 Å². The smallest absolute Gasteiger partial charge is 0.242 e. The van der Waals surface area contributed by atoms with Gasteiger partial charge < -0.3 is 10.2 Å². The van der Waals surface area contributed by atoms with Crippen molar-refractivity contribution in [3.8, 4) is 0 Å². The summed E-state index contributed by atoms with van der Waals surface area (Å²) in [5, 5.41) is 2.97. The van der Waals surface area contributed by atoms with Crippen LogP contribution in [0.1, 0.15) is 54.5 Å². The molecule has 5 heteroatoms. The Morgan fingerprint density at radius 1 is 0.968 bits per heavy atom. The van der Waals surface area contributed by atoms with Gasteiger partial charge >= 0.3 is 0 Å². The van der Waals surface area contributed by atoms with Gasteiger partial charge in [-0.1, -0.05) is 73.0 Å². The van der Waals surface area contributed by atoms with Crippen molar-refractivity contribution in [2.75, 3.05) is 12.3 Å². The van der Waals surface area contributed by atoms with E-state index in [9.17, 15) is 9.59 Å². The van der Waals surface area contributed by atoms with E-state index in [4.69, 9.17) is 0 Å². The van der Waals surface area contributed by atoms with Gasteiger partial charge in [-0.25, -0.2) is 0 Å². The third kappa shape index (κ3) is 8.06.